The van der Waals surface area contributed by atoms with Crippen molar-refractivity contribution < 1.29 is 24.1 Å². The molecule has 2 atom stereocenters. The molecular formula is C15H16N2O7S. The Balaban J connectivity index is 1.76. The molecule has 134 valence electrons. The molecule has 3 rings (SSSR count). The number of thioether (sulfide) groups is 1. The molecule has 1 heterocycles. The summed E-state index contributed by atoms with van der Waals surface area (Å²) in [5.41, 5.74) is -1.36. The van der Waals surface area contributed by atoms with Crippen molar-refractivity contribution in [1.29, 1.82) is 0 Å². The summed E-state index contributed by atoms with van der Waals surface area (Å²) in [6.07, 6.45) is 2.56. The van der Waals surface area contributed by atoms with Gasteiger partial charge in [0.25, 0.3) is 11.4 Å². The Labute approximate surface area is 147 Å². The molecule has 2 aliphatic rings. The van der Waals surface area contributed by atoms with E-state index in [0.29, 0.717) is 19.4 Å². The first-order chi connectivity index (χ1) is 11.9. The summed E-state index contributed by atoms with van der Waals surface area (Å²) < 4.78 is 11.2. The van der Waals surface area contributed by atoms with Gasteiger partial charge >= 0.3 is 5.97 Å². The minimum absolute atomic E-state index is 0.282. The lowest BCUT2D eigenvalue weighted by Crippen LogP contribution is -2.36. The van der Waals surface area contributed by atoms with Crippen molar-refractivity contribution in [2.45, 2.75) is 36.7 Å². The van der Waals surface area contributed by atoms with Gasteiger partial charge in [0.2, 0.25) is 0 Å². The number of hydrogen-bond acceptors (Lipinski definition) is 8. The molecule has 1 aliphatic carbocycles. The fourth-order valence-electron chi connectivity index (χ4n) is 3.18. The number of nitro benzene ring substituents is 2. The highest BCUT2D eigenvalue weighted by Crippen LogP contribution is 2.45. The number of nitrogens with zero attached hydrogens (tertiary/aromatic N) is 2. The van der Waals surface area contributed by atoms with Crippen LogP contribution in [0.25, 0.3) is 0 Å². The third-order valence-corrected chi connectivity index (χ3v) is 5.70. The van der Waals surface area contributed by atoms with Gasteiger partial charge in [0, 0.05) is 18.2 Å². The average molecular weight is 368 g/mol. The fourth-order valence-corrected chi connectivity index (χ4v) is 4.48. The second kappa shape index (κ2) is 6.96. The van der Waals surface area contributed by atoms with E-state index >= 15 is 0 Å². The smallest absolute Gasteiger partial charge is 0.345 e. The van der Waals surface area contributed by atoms with Crippen molar-refractivity contribution >= 4 is 29.1 Å². The second-order valence-electron chi connectivity index (χ2n) is 5.95. The lowest BCUT2D eigenvalue weighted by atomic mass is 9.94. The van der Waals surface area contributed by atoms with E-state index in [-0.39, 0.29) is 16.6 Å². The first-order valence-electron chi connectivity index (χ1n) is 7.82. The van der Waals surface area contributed by atoms with E-state index in [1.54, 1.807) is 11.8 Å². The number of carbonyl (C=O) groups is 1. The van der Waals surface area contributed by atoms with Gasteiger partial charge in [0.1, 0.15) is 16.6 Å². The van der Waals surface area contributed by atoms with Gasteiger partial charge in [-0.1, -0.05) is 0 Å². The van der Waals surface area contributed by atoms with Crippen LogP contribution in [0.3, 0.4) is 0 Å². The molecule has 10 heteroatoms. The lowest BCUT2D eigenvalue weighted by Gasteiger charge is -2.35. The number of non-ortho nitro benzene ring substituents is 1. The predicted octanol–water partition coefficient (Wildman–Crippen LogP) is 3.06. The monoisotopic (exact) mass is 368 g/mol. The van der Waals surface area contributed by atoms with Crippen LogP contribution in [-0.4, -0.2) is 39.2 Å². The maximum atomic E-state index is 12.4. The number of carbonyl (C=O) groups excluding carboxylic acids is 1. The van der Waals surface area contributed by atoms with Crippen LogP contribution in [-0.2, 0) is 9.47 Å². The molecule has 0 amide bonds. The third-order valence-electron chi connectivity index (χ3n) is 4.32. The molecule has 25 heavy (non-hydrogen) atoms. The van der Waals surface area contributed by atoms with Gasteiger partial charge in [-0.05, 0) is 25.3 Å². The highest BCUT2D eigenvalue weighted by Gasteiger charge is 2.42. The van der Waals surface area contributed by atoms with Gasteiger partial charge in [-0.3, -0.25) is 20.2 Å². The summed E-state index contributed by atoms with van der Waals surface area (Å²) >= 11 is 1.71. The van der Waals surface area contributed by atoms with Crippen LogP contribution in [0.2, 0.25) is 0 Å². The average Bonchev–Trinajstić information content (AvgIpc) is 3.01. The maximum absolute atomic E-state index is 12.4. The summed E-state index contributed by atoms with van der Waals surface area (Å²) in [6, 6.07) is 2.90. The predicted molar refractivity (Wildman–Crippen MR) is 88.6 cm³/mol. The van der Waals surface area contributed by atoms with Crippen LogP contribution in [0.15, 0.2) is 18.2 Å². The lowest BCUT2D eigenvalue weighted by molar-refractivity contribution is -0.394. The zero-order chi connectivity index (χ0) is 18.0. The second-order valence-corrected chi connectivity index (χ2v) is 7.39. The van der Waals surface area contributed by atoms with E-state index in [1.165, 1.54) is 0 Å². The first-order valence-corrected chi connectivity index (χ1v) is 8.80. The maximum Gasteiger partial charge on any atom is 0.345 e. The van der Waals surface area contributed by atoms with E-state index < -0.39 is 27.2 Å². The van der Waals surface area contributed by atoms with Gasteiger partial charge in [-0.2, -0.15) is 0 Å². The Bertz CT molecular complexity index is 718. The van der Waals surface area contributed by atoms with E-state index in [2.05, 4.69) is 0 Å². The SMILES string of the molecule is O=C(O[C@@H]1CCC[C@]2(C1)OCCS2)c1ccc([N+](=O)[O-])cc1[N+](=O)[O-]. The minimum Gasteiger partial charge on any atom is -0.458 e. The molecule has 1 aliphatic heterocycles. The van der Waals surface area contributed by atoms with Crippen molar-refractivity contribution in [1.82, 2.24) is 0 Å². The highest BCUT2D eigenvalue weighted by atomic mass is 32.2. The molecule has 2 fully saturated rings. The topological polar surface area (TPSA) is 122 Å². The number of nitro groups is 2. The minimum atomic E-state index is -0.841. The summed E-state index contributed by atoms with van der Waals surface area (Å²) in [7, 11) is 0. The van der Waals surface area contributed by atoms with Gasteiger partial charge in [-0.25, -0.2) is 4.79 Å². The Morgan fingerprint density at radius 2 is 2.12 bits per heavy atom. The standard InChI is InChI=1S/C15H16N2O7S/c18-14(12-4-3-10(16(19)20)8-13(12)17(21)22)24-11-2-1-5-15(9-11)23-6-7-25-15/h3-4,8,11H,1-2,5-7,9H2/t11-,15+/m1/s1. The zero-order valence-electron chi connectivity index (χ0n) is 13.2. The molecule has 0 radical (unpaired) electrons. The Morgan fingerprint density at radius 1 is 1.32 bits per heavy atom. The summed E-state index contributed by atoms with van der Waals surface area (Å²) in [6.45, 7) is 0.666. The Hall–Kier alpha value is -2.20. The molecule has 0 bridgehead atoms. The fraction of sp³-hybridized carbons (Fsp3) is 0.533. The molecule has 1 aromatic carbocycles. The highest BCUT2D eigenvalue weighted by molar-refractivity contribution is 8.00. The molecular weight excluding hydrogens is 352 g/mol. The van der Waals surface area contributed by atoms with Crippen LogP contribution < -0.4 is 0 Å². The molecule has 1 spiro atoms. The van der Waals surface area contributed by atoms with Gasteiger partial charge in [0.15, 0.2) is 0 Å². The molecule has 9 nitrogen and oxygen atoms in total. The molecule has 0 N–H and O–H groups in total. The molecule has 1 saturated heterocycles. The van der Waals surface area contributed by atoms with Gasteiger partial charge in [0.05, 0.1) is 22.5 Å². The van der Waals surface area contributed by atoms with Crippen molar-refractivity contribution in [3.63, 3.8) is 0 Å². The largest absolute Gasteiger partial charge is 0.458 e. The summed E-state index contributed by atoms with van der Waals surface area (Å²) in [5.74, 6) is 0.0562. The number of benzene rings is 1. The van der Waals surface area contributed by atoms with Crippen molar-refractivity contribution in [3.05, 3.63) is 44.0 Å². The van der Waals surface area contributed by atoms with E-state index in [1.807, 2.05) is 0 Å². The molecule has 0 aromatic heterocycles. The molecule has 0 unspecified atom stereocenters. The summed E-state index contributed by atoms with van der Waals surface area (Å²) in [4.78, 5) is 32.4. The molecule has 1 saturated carbocycles. The van der Waals surface area contributed by atoms with Crippen molar-refractivity contribution in [3.8, 4) is 0 Å². The van der Waals surface area contributed by atoms with E-state index in [0.717, 1.165) is 36.8 Å². The number of ether oxygens (including phenoxy) is 2. The van der Waals surface area contributed by atoms with Gasteiger partial charge < -0.3 is 9.47 Å². The van der Waals surface area contributed by atoms with Crippen LogP contribution in [0, 0.1) is 20.2 Å². The third kappa shape index (κ3) is 3.74. The Kier molecular flexibility index (Phi) is 4.91. The van der Waals surface area contributed by atoms with E-state index in [4.69, 9.17) is 9.47 Å². The Morgan fingerprint density at radius 3 is 2.76 bits per heavy atom. The van der Waals surface area contributed by atoms with Crippen LogP contribution in [0.1, 0.15) is 36.0 Å². The number of esters is 1. The number of rotatable bonds is 4. The van der Waals surface area contributed by atoms with Crippen LogP contribution in [0.4, 0.5) is 11.4 Å². The van der Waals surface area contributed by atoms with Gasteiger partial charge in [-0.15, -0.1) is 11.8 Å². The quantitative estimate of drug-likeness (QED) is 0.451. The van der Waals surface area contributed by atoms with Crippen LogP contribution >= 0.6 is 11.8 Å². The zero-order valence-corrected chi connectivity index (χ0v) is 14.0. The van der Waals surface area contributed by atoms with Crippen molar-refractivity contribution in [2.75, 3.05) is 12.4 Å². The van der Waals surface area contributed by atoms with Crippen molar-refractivity contribution in [2.24, 2.45) is 0 Å². The van der Waals surface area contributed by atoms with Crippen LogP contribution in [0.5, 0.6) is 0 Å². The van der Waals surface area contributed by atoms with E-state index in [9.17, 15) is 25.0 Å². The first kappa shape index (κ1) is 17.6. The number of hydrogen-bond donors (Lipinski definition) is 0. The molecule has 1 aromatic rings. The normalized spacial score (nSPS) is 25.7. The summed E-state index contributed by atoms with van der Waals surface area (Å²) in [5, 5.41) is 21.9.